The Bertz CT molecular complexity index is 1670. The van der Waals surface area contributed by atoms with E-state index in [1.54, 1.807) is 12.1 Å². The third-order valence-electron chi connectivity index (χ3n) is 8.66. The standard InChI is InChI=1S/C31H27ClN4O3/c1-17-13-20(32)15-22-27(17)34-30(39)31(22)26-25(24(35-31)14-19-16-33-23-10-6-5-9-21(19)23)28(37)36(29(26)38)12-11-18-7-3-2-4-8-18/h2-10,13,15-16,24-26,33,35H,11-12,14H2,1H3,(H,34,39)/t24-,25-,26+,31-/m1/s1. The Morgan fingerprint density at radius 3 is 2.56 bits per heavy atom. The second-order valence-electron chi connectivity index (χ2n) is 10.8. The lowest BCUT2D eigenvalue weighted by Gasteiger charge is -2.29. The monoisotopic (exact) mass is 538 g/mol. The predicted octanol–water partition coefficient (Wildman–Crippen LogP) is 4.34. The van der Waals surface area contributed by atoms with E-state index in [0.717, 1.165) is 27.6 Å². The van der Waals surface area contributed by atoms with Crippen LogP contribution < -0.4 is 10.6 Å². The van der Waals surface area contributed by atoms with E-state index in [2.05, 4.69) is 15.6 Å². The minimum Gasteiger partial charge on any atom is -0.361 e. The van der Waals surface area contributed by atoms with Gasteiger partial charge in [-0.25, -0.2) is 0 Å². The van der Waals surface area contributed by atoms with E-state index in [4.69, 9.17) is 11.6 Å². The lowest BCUT2D eigenvalue weighted by Crippen LogP contribution is -2.53. The van der Waals surface area contributed by atoms with Crippen molar-refractivity contribution < 1.29 is 14.4 Å². The van der Waals surface area contributed by atoms with E-state index in [-0.39, 0.29) is 24.3 Å². The number of benzene rings is 3. The van der Waals surface area contributed by atoms with Gasteiger partial charge in [-0.3, -0.25) is 24.6 Å². The van der Waals surface area contributed by atoms with E-state index in [0.29, 0.717) is 29.1 Å². The van der Waals surface area contributed by atoms with Gasteiger partial charge in [0.25, 0.3) is 0 Å². The first-order valence-corrected chi connectivity index (χ1v) is 13.6. The second-order valence-corrected chi connectivity index (χ2v) is 11.2. The van der Waals surface area contributed by atoms with Crippen LogP contribution in [0.4, 0.5) is 5.69 Å². The average Bonchev–Trinajstić information content (AvgIpc) is 3.64. The highest BCUT2D eigenvalue weighted by atomic mass is 35.5. The fourth-order valence-electron chi connectivity index (χ4n) is 6.91. The molecule has 4 aromatic rings. The first-order chi connectivity index (χ1) is 18.9. The van der Waals surface area contributed by atoms with Gasteiger partial charge in [0.15, 0.2) is 0 Å². The number of para-hydroxylation sites is 1. The number of anilines is 1. The molecule has 4 atom stereocenters. The van der Waals surface area contributed by atoms with Crippen LogP contribution in [0.2, 0.25) is 5.02 Å². The Labute approximate surface area is 230 Å². The number of hydrogen-bond donors (Lipinski definition) is 3. The van der Waals surface area contributed by atoms with Crippen LogP contribution in [0, 0.1) is 18.8 Å². The van der Waals surface area contributed by atoms with Crippen LogP contribution in [-0.4, -0.2) is 40.2 Å². The fourth-order valence-corrected chi connectivity index (χ4v) is 7.18. The SMILES string of the molecule is Cc1cc(Cl)cc2c1NC(=O)[C@@]21N[C@H](Cc2c[nH]c3ccccc23)[C@H]2C(=O)N(CCc3ccccc3)C(=O)[C@H]21. The van der Waals surface area contributed by atoms with Gasteiger partial charge in [-0.1, -0.05) is 60.1 Å². The highest BCUT2D eigenvalue weighted by molar-refractivity contribution is 6.31. The smallest absolute Gasteiger partial charge is 0.250 e. The van der Waals surface area contributed by atoms with Gasteiger partial charge in [-0.15, -0.1) is 0 Å². The maximum absolute atomic E-state index is 14.1. The lowest BCUT2D eigenvalue weighted by molar-refractivity contribution is -0.142. The molecular weight excluding hydrogens is 512 g/mol. The molecular formula is C31H27ClN4O3. The lowest BCUT2D eigenvalue weighted by atomic mass is 9.76. The van der Waals surface area contributed by atoms with Crippen LogP contribution in [0.1, 0.15) is 22.3 Å². The summed E-state index contributed by atoms with van der Waals surface area (Å²) < 4.78 is 0. The molecule has 3 aliphatic rings. The number of aromatic nitrogens is 1. The summed E-state index contributed by atoms with van der Waals surface area (Å²) in [4.78, 5) is 46.7. The van der Waals surface area contributed by atoms with Crippen LogP contribution in [0.15, 0.2) is 72.9 Å². The summed E-state index contributed by atoms with van der Waals surface area (Å²) in [6.45, 7) is 2.15. The number of nitrogens with zero attached hydrogens (tertiary/aromatic N) is 1. The number of fused-ring (bicyclic) bond motifs is 5. The average molecular weight is 539 g/mol. The van der Waals surface area contributed by atoms with Gasteiger partial charge in [0, 0.05) is 46.0 Å². The summed E-state index contributed by atoms with van der Waals surface area (Å²) in [5.74, 6) is -2.40. The highest BCUT2D eigenvalue weighted by Crippen LogP contribution is 2.54. The van der Waals surface area contributed by atoms with Crippen LogP contribution in [0.25, 0.3) is 10.9 Å². The van der Waals surface area contributed by atoms with Crippen LogP contribution in [0.5, 0.6) is 0 Å². The van der Waals surface area contributed by atoms with E-state index in [1.807, 2.05) is 67.7 Å². The van der Waals surface area contributed by atoms with Crippen molar-refractivity contribution in [2.45, 2.75) is 31.3 Å². The van der Waals surface area contributed by atoms with Crippen molar-refractivity contribution >= 4 is 45.9 Å². The van der Waals surface area contributed by atoms with Gasteiger partial charge in [-0.2, -0.15) is 0 Å². The van der Waals surface area contributed by atoms with Crippen LogP contribution >= 0.6 is 11.6 Å². The first kappa shape index (κ1) is 24.1. The van der Waals surface area contributed by atoms with Gasteiger partial charge in [-0.05, 0) is 54.7 Å². The summed E-state index contributed by atoms with van der Waals surface area (Å²) in [6.07, 6.45) is 2.99. The van der Waals surface area contributed by atoms with E-state index in [1.165, 1.54) is 4.90 Å². The van der Waals surface area contributed by atoms with Crippen LogP contribution in [-0.2, 0) is 32.8 Å². The Hall–Kier alpha value is -3.94. The largest absolute Gasteiger partial charge is 0.361 e. The molecule has 3 N–H and O–H groups in total. The molecule has 3 aromatic carbocycles. The number of H-pyrrole nitrogens is 1. The molecule has 2 saturated heterocycles. The number of carbonyl (C=O) groups excluding carboxylic acids is 3. The summed E-state index contributed by atoms with van der Waals surface area (Å²) in [5, 5.41) is 8.09. The number of rotatable bonds is 5. The van der Waals surface area contributed by atoms with E-state index < -0.39 is 23.4 Å². The number of amides is 3. The molecule has 8 heteroatoms. The van der Waals surface area contributed by atoms with Crippen molar-refractivity contribution in [3.05, 3.63) is 100 Å². The molecule has 196 valence electrons. The zero-order valence-corrected chi connectivity index (χ0v) is 22.1. The van der Waals surface area contributed by atoms with Crippen molar-refractivity contribution in [1.82, 2.24) is 15.2 Å². The van der Waals surface area contributed by atoms with Gasteiger partial charge in [0.1, 0.15) is 5.54 Å². The number of likely N-dealkylation sites (tertiary alicyclic amines) is 1. The van der Waals surface area contributed by atoms with E-state index >= 15 is 0 Å². The Kier molecular flexibility index (Phi) is 5.44. The summed E-state index contributed by atoms with van der Waals surface area (Å²) in [6, 6.07) is 20.9. The topological polar surface area (TPSA) is 94.3 Å². The molecule has 0 saturated carbocycles. The first-order valence-electron chi connectivity index (χ1n) is 13.2. The number of hydrogen-bond acceptors (Lipinski definition) is 4. The zero-order chi connectivity index (χ0) is 26.9. The maximum Gasteiger partial charge on any atom is 0.250 e. The number of aromatic amines is 1. The van der Waals surface area contributed by atoms with Crippen molar-refractivity contribution in [3.63, 3.8) is 0 Å². The van der Waals surface area contributed by atoms with Crippen molar-refractivity contribution in [1.29, 1.82) is 0 Å². The van der Waals surface area contributed by atoms with Crippen molar-refractivity contribution in [3.8, 4) is 0 Å². The molecule has 3 aliphatic heterocycles. The molecule has 1 aromatic heterocycles. The van der Waals surface area contributed by atoms with Crippen molar-refractivity contribution in [2.75, 3.05) is 11.9 Å². The minimum atomic E-state index is -1.37. The molecule has 0 aliphatic carbocycles. The molecule has 2 fully saturated rings. The van der Waals surface area contributed by atoms with Gasteiger partial charge >= 0.3 is 0 Å². The van der Waals surface area contributed by atoms with Gasteiger partial charge in [0.05, 0.1) is 11.8 Å². The fraction of sp³-hybridized carbons (Fsp3) is 0.258. The zero-order valence-electron chi connectivity index (χ0n) is 21.3. The molecule has 4 heterocycles. The molecule has 7 rings (SSSR count). The third kappa shape index (κ3) is 3.50. The molecule has 1 spiro atoms. The number of imide groups is 1. The summed E-state index contributed by atoms with van der Waals surface area (Å²) in [7, 11) is 0. The maximum atomic E-state index is 14.1. The molecule has 39 heavy (non-hydrogen) atoms. The highest BCUT2D eigenvalue weighted by Gasteiger charge is 2.70. The van der Waals surface area contributed by atoms with Gasteiger partial charge in [0.2, 0.25) is 17.7 Å². The molecule has 7 nitrogen and oxygen atoms in total. The summed E-state index contributed by atoms with van der Waals surface area (Å²) in [5.41, 5.74) is 3.82. The van der Waals surface area contributed by atoms with Crippen molar-refractivity contribution in [2.24, 2.45) is 11.8 Å². The normalized spacial score (nSPS) is 25.5. The number of carbonyl (C=O) groups is 3. The Morgan fingerprint density at radius 2 is 1.74 bits per heavy atom. The van der Waals surface area contributed by atoms with E-state index in [9.17, 15) is 14.4 Å². The number of halogens is 1. The quantitative estimate of drug-likeness (QED) is 0.330. The molecule has 3 amide bonds. The summed E-state index contributed by atoms with van der Waals surface area (Å²) >= 11 is 6.48. The molecule has 0 bridgehead atoms. The molecule has 0 unspecified atom stereocenters. The minimum absolute atomic E-state index is 0.227. The van der Waals surface area contributed by atoms with Gasteiger partial charge < -0.3 is 10.3 Å². The van der Waals surface area contributed by atoms with Crippen LogP contribution in [0.3, 0.4) is 0 Å². The Morgan fingerprint density at radius 1 is 0.974 bits per heavy atom. The third-order valence-corrected chi connectivity index (χ3v) is 8.88. The second kappa shape index (κ2) is 8.79. The molecule has 0 radical (unpaired) electrons. The number of nitrogens with one attached hydrogen (secondary N) is 3. The number of aryl methyl sites for hydroxylation is 1. The predicted molar refractivity (Wildman–Crippen MR) is 149 cm³/mol. The Balaban J connectivity index is 1.32.